The average Bonchev–Trinajstić information content (AvgIpc) is 2.94. The van der Waals surface area contributed by atoms with Gasteiger partial charge in [0.05, 0.1) is 25.6 Å². The number of rotatable bonds is 5. The minimum atomic E-state index is -0.297. The Bertz CT molecular complexity index is 852. The van der Waals surface area contributed by atoms with Crippen LogP contribution in [0.15, 0.2) is 49.1 Å². The van der Waals surface area contributed by atoms with Gasteiger partial charge in [-0.2, -0.15) is 0 Å². The highest BCUT2D eigenvalue weighted by molar-refractivity contribution is 6.17. The second kappa shape index (κ2) is 16.2. The van der Waals surface area contributed by atoms with Gasteiger partial charge < -0.3 is 9.47 Å². The fourth-order valence-electron chi connectivity index (χ4n) is 4.77. The van der Waals surface area contributed by atoms with Crippen molar-refractivity contribution < 1.29 is 19.1 Å². The topological polar surface area (TPSA) is 78.4 Å². The Hall–Kier alpha value is -2.47. The maximum atomic E-state index is 12.1. The molecule has 192 valence electrons. The van der Waals surface area contributed by atoms with Crippen LogP contribution in [0.1, 0.15) is 75.3 Å². The lowest BCUT2D eigenvalue weighted by Crippen LogP contribution is -2.36. The van der Waals surface area contributed by atoms with Crippen molar-refractivity contribution in [3.05, 3.63) is 60.2 Å². The highest BCUT2D eigenvalue weighted by Gasteiger charge is 2.40. The van der Waals surface area contributed by atoms with Crippen LogP contribution in [0.3, 0.4) is 0 Å². The van der Waals surface area contributed by atoms with Crippen molar-refractivity contribution in [2.45, 2.75) is 76.5 Å². The number of esters is 2. The smallest absolute Gasteiger partial charge is 0.312 e. The van der Waals surface area contributed by atoms with E-state index in [2.05, 4.69) is 14.7 Å². The Morgan fingerprint density at radius 3 is 1.80 bits per heavy atom. The summed E-state index contributed by atoms with van der Waals surface area (Å²) in [5.74, 6) is 0.718. The summed E-state index contributed by atoms with van der Waals surface area (Å²) in [6.07, 6.45) is 18.9. The number of hydrogen-bond acceptors (Lipinski definition) is 6. The molecule has 0 amide bonds. The largest absolute Gasteiger partial charge is 0.469 e. The third kappa shape index (κ3) is 9.96. The fourth-order valence-corrected chi connectivity index (χ4v) is 4.94. The Labute approximate surface area is 214 Å². The summed E-state index contributed by atoms with van der Waals surface area (Å²) < 4.78 is 9.66. The lowest BCUT2D eigenvalue weighted by molar-refractivity contribution is -0.155. The molecule has 2 aliphatic carbocycles. The second-order valence-electron chi connectivity index (χ2n) is 9.21. The van der Waals surface area contributed by atoms with Gasteiger partial charge in [0.2, 0.25) is 0 Å². The molecule has 0 spiro atoms. The van der Waals surface area contributed by atoms with Crippen LogP contribution in [0.25, 0.3) is 0 Å². The summed E-state index contributed by atoms with van der Waals surface area (Å²) in [4.78, 5) is 30.8. The fraction of sp³-hybridized carbons (Fsp3) is 0.571. The molecule has 0 radical (unpaired) electrons. The van der Waals surface area contributed by atoms with Gasteiger partial charge in [-0.1, -0.05) is 38.5 Å². The van der Waals surface area contributed by atoms with E-state index in [0.717, 1.165) is 50.5 Å². The van der Waals surface area contributed by atoms with Crippen molar-refractivity contribution in [1.29, 1.82) is 0 Å². The minimum Gasteiger partial charge on any atom is -0.469 e. The third-order valence-corrected chi connectivity index (χ3v) is 7.07. The van der Waals surface area contributed by atoms with Crippen LogP contribution in [0.2, 0.25) is 0 Å². The molecule has 7 heteroatoms. The summed E-state index contributed by atoms with van der Waals surface area (Å²) in [5, 5.41) is 0. The maximum Gasteiger partial charge on any atom is 0.312 e. The molecule has 0 aromatic carbocycles. The van der Waals surface area contributed by atoms with Crippen LogP contribution in [-0.4, -0.2) is 36.1 Å². The molecular formula is C28H39ClN2O4. The Balaban J connectivity index is 0.000000204. The molecule has 0 aliphatic heterocycles. The van der Waals surface area contributed by atoms with Crippen LogP contribution < -0.4 is 0 Å². The number of pyridine rings is 2. The molecule has 2 aromatic heterocycles. The molecule has 2 heterocycles. The van der Waals surface area contributed by atoms with Crippen LogP contribution in [0.5, 0.6) is 0 Å². The molecular weight excluding hydrogens is 464 g/mol. The molecule has 0 N–H and O–H groups in total. The van der Waals surface area contributed by atoms with Crippen molar-refractivity contribution in [3.8, 4) is 0 Å². The van der Waals surface area contributed by atoms with Gasteiger partial charge in [-0.05, 0) is 67.5 Å². The number of ether oxygens (including phenoxy) is 2. The van der Waals surface area contributed by atoms with E-state index in [4.69, 9.17) is 16.3 Å². The van der Waals surface area contributed by atoms with Gasteiger partial charge in [-0.3, -0.25) is 19.6 Å². The third-order valence-electron chi connectivity index (χ3n) is 6.76. The zero-order chi connectivity index (χ0) is 25.4. The van der Waals surface area contributed by atoms with Crippen molar-refractivity contribution in [3.63, 3.8) is 0 Å². The van der Waals surface area contributed by atoms with Gasteiger partial charge in [0.1, 0.15) is 0 Å². The summed E-state index contributed by atoms with van der Waals surface area (Å²) >= 11 is 5.50. The van der Waals surface area contributed by atoms with Crippen molar-refractivity contribution in [2.24, 2.45) is 11.3 Å². The molecule has 2 aromatic rings. The molecule has 2 saturated carbocycles. The number of nitrogens with zero attached hydrogens (tertiary/aromatic N) is 2. The predicted octanol–water partition coefficient (Wildman–Crippen LogP) is 6.31. The summed E-state index contributed by atoms with van der Waals surface area (Å²) in [7, 11) is 2.96. The number of aromatic nitrogens is 2. The summed E-state index contributed by atoms with van der Waals surface area (Å²) in [6, 6.07) is 7.76. The standard InChI is InChI=1S/C14H19NO2.C8H14O2.C6H6ClN/c1-17-13(16)14(7-3-2-4-8-14)11-12-5-9-15-10-6-12;1-10-8(9)7-5-3-2-4-6-7;7-5-6-1-3-8-4-2-6/h5-6,9-10H,2-4,7-8,11H2,1H3;7H,2-6H2,1H3;1-4H,5H2. The Morgan fingerprint density at radius 1 is 0.829 bits per heavy atom. The van der Waals surface area contributed by atoms with Crippen LogP contribution in [-0.2, 0) is 31.4 Å². The first-order valence-corrected chi connectivity index (χ1v) is 13.1. The molecule has 0 bridgehead atoms. The van der Waals surface area contributed by atoms with E-state index >= 15 is 0 Å². The molecule has 2 aliphatic rings. The van der Waals surface area contributed by atoms with E-state index in [1.54, 1.807) is 24.8 Å². The molecule has 0 atom stereocenters. The SMILES string of the molecule is COC(=O)C1(Cc2ccncc2)CCCCC1.COC(=O)C1CCCCC1.ClCc1ccncc1. The molecule has 0 saturated heterocycles. The normalized spacial score (nSPS) is 17.0. The van der Waals surface area contributed by atoms with E-state index in [1.165, 1.54) is 45.5 Å². The van der Waals surface area contributed by atoms with Gasteiger partial charge in [-0.15, -0.1) is 11.6 Å². The van der Waals surface area contributed by atoms with Crippen LogP contribution >= 0.6 is 11.6 Å². The first-order valence-electron chi connectivity index (χ1n) is 12.5. The minimum absolute atomic E-state index is 0.0142. The van der Waals surface area contributed by atoms with Crippen molar-refractivity contribution in [2.75, 3.05) is 14.2 Å². The van der Waals surface area contributed by atoms with E-state index in [1.807, 2.05) is 24.3 Å². The second-order valence-corrected chi connectivity index (χ2v) is 9.48. The van der Waals surface area contributed by atoms with Gasteiger partial charge in [0, 0.05) is 30.7 Å². The van der Waals surface area contributed by atoms with E-state index < -0.39 is 0 Å². The summed E-state index contributed by atoms with van der Waals surface area (Å²) in [6.45, 7) is 0. The van der Waals surface area contributed by atoms with Gasteiger partial charge in [0.15, 0.2) is 0 Å². The lowest BCUT2D eigenvalue weighted by Gasteiger charge is -2.34. The molecule has 0 unspecified atom stereocenters. The van der Waals surface area contributed by atoms with Crippen molar-refractivity contribution in [1.82, 2.24) is 9.97 Å². The Morgan fingerprint density at radius 2 is 1.34 bits per heavy atom. The number of alkyl halides is 1. The highest BCUT2D eigenvalue weighted by atomic mass is 35.5. The average molecular weight is 503 g/mol. The van der Waals surface area contributed by atoms with Crippen LogP contribution in [0, 0.1) is 11.3 Å². The molecule has 6 nitrogen and oxygen atoms in total. The molecule has 35 heavy (non-hydrogen) atoms. The monoisotopic (exact) mass is 502 g/mol. The predicted molar refractivity (Wildman–Crippen MR) is 138 cm³/mol. The molecule has 2 fully saturated rings. The number of halogens is 1. The first kappa shape index (κ1) is 28.8. The zero-order valence-electron chi connectivity index (χ0n) is 21.1. The van der Waals surface area contributed by atoms with E-state index in [0.29, 0.717) is 5.88 Å². The first-order chi connectivity index (χ1) is 17.0. The van der Waals surface area contributed by atoms with E-state index in [-0.39, 0.29) is 23.3 Å². The van der Waals surface area contributed by atoms with Gasteiger partial charge in [0.25, 0.3) is 0 Å². The highest BCUT2D eigenvalue weighted by Crippen LogP contribution is 2.40. The van der Waals surface area contributed by atoms with Crippen LogP contribution in [0.4, 0.5) is 0 Å². The van der Waals surface area contributed by atoms with Gasteiger partial charge in [-0.25, -0.2) is 0 Å². The lowest BCUT2D eigenvalue weighted by atomic mass is 9.70. The Kier molecular flexibility index (Phi) is 13.4. The quantitative estimate of drug-likeness (QED) is 0.352. The molecule has 4 rings (SSSR count). The van der Waals surface area contributed by atoms with Gasteiger partial charge >= 0.3 is 11.9 Å². The zero-order valence-corrected chi connectivity index (χ0v) is 21.8. The number of carbonyl (C=O) groups is 2. The van der Waals surface area contributed by atoms with E-state index in [9.17, 15) is 9.59 Å². The van der Waals surface area contributed by atoms with Crippen molar-refractivity contribution >= 4 is 23.5 Å². The maximum absolute atomic E-state index is 12.1. The number of carbonyl (C=O) groups excluding carboxylic acids is 2. The number of hydrogen-bond donors (Lipinski definition) is 0. The number of methoxy groups -OCH3 is 2. The summed E-state index contributed by atoms with van der Waals surface area (Å²) in [5.41, 5.74) is 1.99.